The Hall–Kier alpha value is -2.04. The lowest BCUT2D eigenvalue weighted by Crippen LogP contribution is -2.32. The van der Waals surface area contributed by atoms with Crippen LogP contribution < -0.4 is 10.5 Å². The van der Waals surface area contributed by atoms with Crippen molar-refractivity contribution in [3.63, 3.8) is 0 Å². The molecule has 1 unspecified atom stereocenters. The Morgan fingerprint density at radius 2 is 2.06 bits per heavy atom. The number of hydrogen-bond acceptors (Lipinski definition) is 4. The smallest absolute Gasteiger partial charge is 0.258 e. The summed E-state index contributed by atoms with van der Waals surface area (Å²) < 4.78 is 5.42. The molecule has 0 radical (unpaired) electrons. The minimum Gasteiger partial charge on any atom is -0.481 e. The van der Waals surface area contributed by atoms with E-state index in [1.807, 2.05) is 6.92 Å². The molecule has 0 saturated heterocycles. The summed E-state index contributed by atoms with van der Waals surface area (Å²) in [7, 11) is 0. The van der Waals surface area contributed by atoms with E-state index in [4.69, 9.17) is 15.7 Å². The first-order valence-electron chi connectivity index (χ1n) is 5.33. The number of rotatable bonds is 5. The van der Waals surface area contributed by atoms with Gasteiger partial charge in [0.2, 0.25) is 0 Å². The second-order valence-corrected chi connectivity index (χ2v) is 3.63. The minimum atomic E-state index is -0.617. The average molecular weight is 236 g/mol. The van der Waals surface area contributed by atoms with Gasteiger partial charge < -0.3 is 15.7 Å². The third kappa shape index (κ3) is 3.48. The number of benzene rings is 1. The molecule has 5 nitrogen and oxygen atoms in total. The van der Waals surface area contributed by atoms with Crippen LogP contribution in [0.2, 0.25) is 0 Å². The first kappa shape index (κ1) is 13.0. The molecule has 1 atom stereocenters. The summed E-state index contributed by atoms with van der Waals surface area (Å²) in [5, 5.41) is 11.7. The predicted octanol–water partition coefficient (Wildman–Crippen LogP) is 1.53. The van der Waals surface area contributed by atoms with Crippen molar-refractivity contribution in [2.24, 2.45) is 10.9 Å². The van der Waals surface area contributed by atoms with Gasteiger partial charge in [-0.15, -0.1) is 0 Å². The highest BCUT2D eigenvalue weighted by Crippen LogP contribution is 2.15. The Labute approximate surface area is 99.9 Å². The lowest BCUT2D eigenvalue weighted by molar-refractivity contribution is -0.124. The van der Waals surface area contributed by atoms with Crippen molar-refractivity contribution in [2.75, 3.05) is 0 Å². The molecule has 0 aliphatic carbocycles. The zero-order chi connectivity index (χ0) is 12.8. The third-order valence-electron chi connectivity index (χ3n) is 2.39. The van der Waals surface area contributed by atoms with Crippen molar-refractivity contribution >= 4 is 11.6 Å². The normalized spacial score (nSPS) is 13.2. The predicted molar refractivity (Wildman–Crippen MR) is 64.3 cm³/mol. The summed E-state index contributed by atoms with van der Waals surface area (Å²) in [6, 6.07) is 6.90. The van der Waals surface area contributed by atoms with Crippen LogP contribution >= 0.6 is 0 Å². The van der Waals surface area contributed by atoms with E-state index in [-0.39, 0.29) is 0 Å². The van der Waals surface area contributed by atoms with Gasteiger partial charge in [-0.05, 0) is 43.2 Å². The Morgan fingerprint density at radius 3 is 2.47 bits per heavy atom. The molecule has 0 aromatic heterocycles. The van der Waals surface area contributed by atoms with Gasteiger partial charge in [-0.2, -0.15) is 0 Å². The standard InChI is InChI=1S/C12H16N2O3/c1-3-11(12(13)15)17-10-6-4-9(5-7-10)8(2)14-16/h4-7,11,16H,3H2,1-2H3,(H2,13,15)/b14-8+. The molecule has 1 aromatic rings. The van der Waals surface area contributed by atoms with Crippen LogP contribution in [0.4, 0.5) is 0 Å². The quantitative estimate of drug-likeness (QED) is 0.462. The van der Waals surface area contributed by atoms with Crippen molar-refractivity contribution in [2.45, 2.75) is 26.4 Å². The molecule has 0 fully saturated rings. The highest BCUT2D eigenvalue weighted by Gasteiger charge is 2.14. The summed E-state index contributed by atoms with van der Waals surface area (Å²) in [6.07, 6.45) is -0.0951. The van der Waals surface area contributed by atoms with E-state index in [0.717, 1.165) is 5.56 Å². The summed E-state index contributed by atoms with van der Waals surface area (Å²) in [4.78, 5) is 11.0. The number of oxime groups is 1. The van der Waals surface area contributed by atoms with Crippen LogP contribution in [-0.2, 0) is 4.79 Å². The van der Waals surface area contributed by atoms with E-state index in [1.54, 1.807) is 31.2 Å². The number of primary amides is 1. The van der Waals surface area contributed by atoms with Gasteiger partial charge in [-0.3, -0.25) is 4.79 Å². The average Bonchev–Trinajstić information content (AvgIpc) is 2.35. The van der Waals surface area contributed by atoms with Gasteiger partial charge in [0.15, 0.2) is 6.10 Å². The second-order valence-electron chi connectivity index (χ2n) is 3.63. The molecule has 0 bridgehead atoms. The topological polar surface area (TPSA) is 84.9 Å². The van der Waals surface area contributed by atoms with Crippen molar-refractivity contribution in [3.8, 4) is 5.75 Å². The largest absolute Gasteiger partial charge is 0.481 e. The third-order valence-corrected chi connectivity index (χ3v) is 2.39. The van der Waals surface area contributed by atoms with Crippen molar-refractivity contribution in [1.29, 1.82) is 0 Å². The van der Waals surface area contributed by atoms with E-state index in [2.05, 4.69) is 5.16 Å². The fourth-order valence-corrected chi connectivity index (χ4v) is 1.34. The Bertz CT molecular complexity index is 412. The Morgan fingerprint density at radius 1 is 1.47 bits per heavy atom. The molecular formula is C12H16N2O3. The molecule has 92 valence electrons. The molecule has 0 spiro atoms. The van der Waals surface area contributed by atoms with E-state index < -0.39 is 12.0 Å². The number of amides is 1. The molecule has 0 heterocycles. The lowest BCUT2D eigenvalue weighted by atomic mass is 10.1. The van der Waals surface area contributed by atoms with Crippen molar-refractivity contribution in [3.05, 3.63) is 29.8 Å². The number of nitrogens with two attached hydrogens (primary N) is 1. The molecule has 1 aromatic carbocycles. The summed E-state index contributed by atoms with van der Waals surface area (Å²) in [5.74, 6) is 0.0785. The Kier molecular flexibility index (Phi) is 4.51. The maximum atomic E-state index is 11.0. The van der Waals surface area contributed by atoms with Crippen molar-refractivity contribution < 1.29 is 14.7 Å². The maximum absolute atomic E-state index is 11.0. The molecule has 0 aliphatic rings. The van der Waals surface area contributed by atoms with E-state index in [1.165, 1.54) is 0 Å². The van der Waals surface area contributed by atoms with Crippen molar-refractivity contribution in [1.82, 2.24) is 0 Å². The fraction of sp³-hybridized carbons (Fsp3) is 0.333. The zero-order valence-electron chi connectivity index (χ0n) is 9.88. The molecule has 5 heteroatoms. The van der Waals surface area contributed by atoms with Crippen LogP contribution in [0.25, 0.3) is 0 Å². The van der Waals surface area contributed by atoms with Gasteiger partial charge in [-0.25, -0.2) is 0 Å². The molecule has 3 N–H and O–H groups in total. The van der Waals surface area contributed by atoms with Gasteiger partial charge in [0.25, 0.3) is 5.91 Å². The van der Waals surface area contributed by atoms with Crippen LogP contribution in [0.1, 0.15) is 25.8 Å². The number of carbonyl (C=O) groups excluding carboxylic acids is 1. The highest BCUT2D eigenvalue weighted by molar-refractivity contribution is 5.98. The number of ether oxygens (including phenoxy) is 1. The second kappa shape index (κ2) is 5.89. The summed E-state index contributed by atoms with van der Waals surface area (Å²) in [5.41, 5.74) is 6.48. The van der Waals surface area contributed by atoms with Crippen LogP contribution in [0.5, 0.6) is 5.75 Å². The molecule has 1 amide bonds. The van der Waals surface area contributed by atoms with E-state index >= 15 is 0 Å². The fourth-order valence-electron chi connectivity index (χ4n) is 1.34. The number of nitrogens with zero attached hydrogens (tertiary/aromatic N) is 1. The first-order valence-corrected chi connectivity index (χ1v) is 5.33. The highest BCUT2D eigenvalue weighted by atomic mass is 16.5. The van der Waals surface area contributed by atoms with Gasteiger partial charge >= 0.3 is 0 Å². The molecular weight excluding hydrogens is 220 g/mol. The lowest BCUT2D eigenvalue weighted by Gasteiger charge is -2.14. The number of carbonyl (C=O) groups is 1. The Balaban J connectivity index is 2.78. The van der Waals surface area contributed by atoms with Gasteiger partial charge in [-0.1, -0.05) is 12.1 Å². The van der Waals surface area contributed by atoms with Crippen LogP contribution in [0.15, 0.2) is 29.4 Å². The van der Waals surface area contributed by atoms with Gasteiger partial charge in [0.05, 0.1) is 5.71 Å². The first-order chi connectivity index (χ1) is 8.08. The molecule has 1 rings (SSSR count). The van der Waals surface area contributed by atoms with Crippen LogP contribution in [0.3, 0.4) is 0 Å². The zero-order valence-corrected chi connectivity index (χ0v) is 9.88. The van der Waals surface area contributed by atoms with Crippen LogP contribution in [-0.4, -0.2) is 22.9 Å². The maximum Gasteiger partial charge on any atom is 0.258 e. The van der Waals surface area contributed by atoms with E-state index in [0.29, 0.717) is 17.9 Å². The number of hydrogen-bond donors (Lipinski definition) is 2. The van der Waals surface area contributed by atoms with Gasteiger partial charge in [0.1, 0.15) is 5.75 Å². The van der Waals surface area contributed by atoms with Gasteiger partial charge in [0, 0.05) is 0 Å². The van der Waals surface area contributed by atoms with E-state index in [9.17, 15) is 4.79 Å². The van der Waals surface area contributed by atoms with Crippen LogP contribution in [0, 0.1) is 0 Å². The SMILES string of the molecule is CCC(Oc1ccc(/C(C)=N/O)cc1)C(N)=O. The molecule has 0 saturated carbocycles. The monoisotopic (exact) mass is 236 g/mol. The molecule has 17 heavy (non-hydrogen) atoms. The summed E-state index contributed by atoms with van der Waals surface area (Å²) in [6.45, 7) is 3.51. The summed E-state index contributed by atoms with van der Waals surface area (Å²) >= 11 is 0. The molecule has 0 aliphatic heterocycles. The minimum absolute atomic E-state index is 0.482.